The summed E-state index contributed by atoms with van der Waals surface area (Å²) in [7, 11) is 0. The standard InChI is InChI=1S/C11H21N5/c1-11(2,3)16-9-13-14-10(16)8-15-6-4-12-5-7-15/h9,12H,4-8H2,1-3H3. The topological polar surface area (TPSA) is 46.0 Å². The van der Waals surface area contributed by atoms with E-state index in [9.17, 15) is 0 Å². The average molecular weight is 223 g/mol. The molecule has 90 valence electrons. The first-order chi connectivity index (χ1) is 7.57. The Morgan fingerprint density at radius 3 is 2.62 bits per heavy atom. The molecule has 2 heterocycles. The number of aromatic nitrogens is 3. The Labute approximate surface area is 96.8 Å². The van der Waals surface area contributed by atoms with E-state index < -0.39 is 0 Å². The third-order valence-corrected chi connectivity index (χ3v) is 2.92. The second-order valence-corrected chi connectivity index (χ2v) is 5.31. The molecule has 0 amide bonds. The summed E-state index contributed by atoms with van der Waals surface area (Å²) >= 11 is 0. The molecule has 1 aromatic heterocycles. The van der Waals surface area contributed by atoms with Gasteiger partial charge in [-0.15, -0.1) is 10.2 Å². The number of hydrogen-bond acceptors (Lipinski definition) is 4. The summed E-state index contributed by atoms with van der Waals surface area (Å²) in [5, 5.41) is 11.6. The Morgan fingerprint density at radius 1 is 1.31 bits per heavy atom. The van der Waals surface area contributed by atoms with E-state index in [-0.39, 0.29) is 5.54 Å². The van der Waals surface area contributed by atoms with Crippen LogP contribution < -0.4 is 5.32 Å². The molecule has 0 bridgehead atoms. The molecule has 0 atom stereocenters. The first kappa shape index (κ1) is 11.5. The van der Waals surface area contributed by atoms with Gasteiger partial charge in [-0.2, -0.15) is 0 Å². The smallest absolute Gasteiger partial charge is 0.147 e. The van der Waals surface area contributed by atoms with E-state index in [1.165, 1.54) is 0 Å². The van der Waals surface area contributed by atoms with Gasteiger partial charge in [0.05, 0.1) is 6.54 Å². The lowest BCUT2D eigenvalue weighted by atomic mass is 10.1. The average Bonchev–Trinajstić information content (AvgIpc) is 2.67. The van der Waals surface area contributed by atoms with E-state index in [1.807, 2.05) is 6.33 Å². The van der Waals surface area contributed by atoms with Crippen LogP contribution >= 0.6 is 0 Å². The van der Waals surface area contributed by atoms with Crippen molar-refractivity contribution in [3.8, 4) is 0 Å². The Kier molecular flexibility index (Phi) is 3.25. The molecule has 1 N–H and O–H groups in total. The predicted molar refractivity (Wildman–Crippen MR) is 63.2 cm³/mol. The van der Waals surface area contributed by atoms with E-state index in [0.717, 1.165) is 38.5 Å². The van der Waals surface area contributed by atoms with E-state index in [1.54, 1.807) is 0 Å². The van der Waals surface area contributed by atoms with Crippen LogP contribution in [0.25, 0.3) is 0 Å². The second kappa shape index (κ2) is 4.51. The molecule has 0 aromatic carbocycles. The fraction of sp³-hybridized carbons (Fsp3) is 0.818. The van der Waals surface area contributed by atoms with Crippen molar-refractivity contribution in [3.05, 3.63) is 12.2 Å². The Morgan fingerprint density at radius 2 is 2.00 bits per heavy atom. The van der Waals surface area contributed by atoms with E-state index in [2.05, 4.69) is 45.8 Å². The van der Waals surface area contributed by atoms with E-state index in [0.29, 0.717) is 0 Å². The number of rotatable bonds is 2. The molecule has 1 aliphatic rings. The summed E-state index contributed by atoms with van der Waals surface area (Å²) in [5.74, 6) is 1.06. The Balaban J connectivity index is 2.06. The highest BCUT2D eigenvalue weighted by molar-refractivity contribution is 4.92. The van der Waals surface area contributed by atoms with Gasteiger partial charge in [-0.25, -0.2) is 0 Å². The minimum Gasteiger partial charge on any atom is -0.314 e. The van der Waals surface area contributed by atoms with Crippen LogP contribution in [0, 0.1) is 0 Å². The molecule has 1 fully saturated rings. The van der Waals surface area contributed by atoms with Crippen molar-refractivity contribution in [3.63, 3.8) is 0 Å². The van der Waals surface area contributed by atoms with Gasteiger partial charge in [-0.1, -0.05) is 0 Å². The highest BCUT2D eigenvalue weighted by Gasteiger charge is 2.20. The van der Waals surface area contributed by atoms with Gasteiger partial charge in [0, 0.05) is 31.7 Å². The number of hydrogen-bond donors (Lipinski definition) is 1. The maximum absolute atomic E-state index is 4.23. The van der Waals surface area contributed by atoms with Gasteiger partial charge in [-0.05, 0) is 20.8 Å². The van der Waals surface area contributed by atoms with Crippen LogP contribution in [0.15, 0.2) is 6.33 Å². The molecule has 0 unspecified atom stereocenters. The first-order valence-electron chi connectivity index (χ1n) is 5.90. The molecular weight excluding hydrogens is 202 g/mol. The maximum atomic E-state index is 4.23. The lowest BCUT2D eigenvalue weighted by Crippen LogP contribution is -2.43. The van der Waals surface area contributed by atoms with Gasteiger partial charge >= 0.3 is 0 Å². The van der Waals surface area contributed by atoms with Gasteiger partial charge in [0.15, 0.2) is 0 Å². The molecular formula is C11H21N5. The summed E-state index contributed by atoms with van der Waals surface area (Å²) in [6.45, 7) is 11.8. The minimum absolute atomic E-state index is 0.0624. The first-order valence-corrected chi connectivity index (χ1v) is 5.90. The molecule has 0 aliphatic carbocycles. The summed E-state index contributed by atoms with van der Waals surface area (Å²) in [4.78, 5) is 2.42. The van der Waals surface area contributed by atoms with Crippen molar-refractivity contribution < 1.29 is 0 Å². The quantitative estimate of drug-likeness (QED) is 0.790. The lowest BCUT2D eigenvalue weighted by Gasteiger charge is -2.29. The minimum atomic E-state index is 0.0624. The van der Waals surface area contributed by atoms with Gasteiger partial charge in [0.1, 0.15) is 12.2 Å². The second-order valence-electron chi connectivity index (χ2n) is 5.31. The summed E-state index contributed by atoms with van der Waals surface area (Å²) in [5.41, 5.74) is 0.0624. The molecule has 16 heavy (non-hydrogen) atoms. The maximum Gasteiger partial charge on any atom is 0.147 e. The van der Waals surface area contributed by atoms with Gasteiger partial charge in [0.2, 0.25) is 0 Å². The monoisotopic (exact) mass is 223 g/mol. The van der Waals surface area contributed by atoms with Crippen molar-refractivity contribution in [1.29, 1.82) is 0 Å². The molecule has 0 radical (unpaired) electrons. The summed E-state index contributed by atoms with van der Waals surface area (Å²) < 4.78 is 2.16. The van der Waals surface area contributed by atoms with Crippen LogP contribution in [0.1, 0.15) is 26.6 Å². The highest BCUT2D eigenvalue weighted by atomic mass is 15.3. The summed E-state index contributed by atoms with van der Waals surface area (Å²) in [6.07, 6.45) is 1.83. The van der Waals surface area contributed by atoms with E-state index in [4.69, 9.17) is 0 Å². The highest BCUT2D eigenvalue weighted by Crippen LogP contribution is 2.16. The van der Waals surface area contributed by atoms with Crippen LogP contribution in [0.4, 0.5) is 0 Å². The fourth-order valence-corrected chi connectivity index (χ4v) is 2.00. The number of nitrogens with one attached hydrogen (secondary N) is 1. The van der Waals surface area contributed by atoms with Crippen LogP contribution in [0.2, 0.25) is 0 Å². The van der Waals surface area contributed by atoms with Crippen LogP contribution in [0.5, 0.6) is 0 Å². The zero-order chi connectivity index (χ0) is 11.6. The van der Waals surface area contributed by atoms with Crippen LogP contribution in [-0.4, -0.2) is 45.8 Å². The zero-order valence-electron chi connectivity index (χ0n) is 10.4. The molecule has 1 saturated heterocycles. The third kappa shape index (κ3) is 2.59. The lowest BCUT2D eigenvalue weighted by molar-refractivity contribution is 0.218. The Bertz CT molecular complexity index is 332. The Hall–Kier alpha value is -0.940. The van der Waals surface area contributed by atoms with E-state index >= 15 is 0 Å². The molecule has 5 heteroatoms. The molecule has 5 nitrogen and oxygen atoms in total. The van der Waals surface area contributed by atoms with Gasteiger partial charge in [0.25, 0.3) is 0 Å². The van der Waals surface area contributed by atoms with Crippen molar-refractivity contribution in [2.45, 2.75) is 32.9 Å². The van der Waals surface area contributed by atoms with Crippen molar-refractivity contribution in [1.82, 2.24) is 25.0 Å². The normalized spacial score (nSPS) is 18.9. The van der Waals surface area contributed by atoms with Gasteiger partial charge in [-0.3, -0.25) is 4.90 Å². The molecule has 2 rings (SSSR count). The predicted octanol–water partition coefficient (Wildman–Crippen LogP) is 0.438. The number of nitrogens with zero attached hydrogens (tertiary/aromatic N) is 4. The third-order valence-electron chi connectivity index (χ3n) is 2.92. The fourth-order valence-electron chi connectivity index (χ4n) is 2.00. The zero-order valence-corrected chi connectivity index (χ0v) is 10.4. The SMILES string of the molecule is CC(C)(C)n1cnnc1CN1CCNCC1. The molecule has 1 aromatic rings. The summed E-state index contributed by atoms with van der Waals surface area (Å²) in [6, 6.07) is 0. The van der Waals surface area contributed by atoms with Crippen molar-refractivity contribution in [2.24, 2.45) is 0 Å². The van der Waals surface area contributed by atoms with Crippen LogP contribution in [-0.2, 0) is 12.1 Å². The van der Waals surface area contributed by atoms with Gasteiger partial charge < -0.3 is 9.88 Å². The number of piperazine rings is 1. The van der Waals surface area contributed by atoms with Crippen LogP contribution in [0.3, 0.4) is 0 Å². The molecule has 0 spiro atoms. The largest absolute Gasteiger partial charge is 0.314 e. The van der Waals surface area contributed by atoms with Crippen molar-refractivity contribution >= 4 is 0 Å². The molecule has 0 saturated carbocycles. The van der Waals surface area contributed by atoms with Crippen molar-refractivity contribution in [2.75, 3.05) is 26.2 Å². The molecule has 1 aliphatic heterocycles.